The van der Waals surface area contributed by atoms with E-state index in [-0.39, 0.29) is 17.2 Å². The maximum atomic E-state index is 12.6. The van der Waals surface area contributed by atoms with Gasteiger partial charge in [-0.2, -0.15) is 5.10 Å². The number of aromatic nitrogens is 3. The first-order valence-corrected chi connectivity index (χ1v) is 9.77. The number of hydrazone groups is 1. The molecule has 0 spiro atoms. The van der Waals surface area contributed by atoms with Gasteiger partial charge in [0, 0.05) is 5.69 Å². The molecule has 2 aromatic heterocycles. The van der Waals surface area contributed by atoms with Crippen molar-refractivity contribution in [3.63, 3.8) is 0 Å². The highest BCUT2D eigenvalue weighted by molar-refractivity contribution is 7.99. The normalized spacial score (nSPS) is 11.3. The molecule has 2 heterocycles. The van der Waals surface area contributed by atoms with Crippen LogP contribution in [0.15, 0.2) is 74.1 Å². The molecule has 0 radical (unpaired) electrons. The number of thioether (sulfide) groups is 1. The Hall–Kier alpha value is -3.59. The van der Waals surface area contributed by atoms with Crippen LogP contribution < -0.4 is 11.0 Å². The second kappa shape index (κ2) is 8.19. The standard InChI is InChI=1S/C20H17N5O3S/c1-13-15(19(27)25(24-13)14-7-3-2-4-8-14)11-21-23-18(26)12-29-20-22-16-9-5-6-10-17(16)28-20/h2-11,24H,12H2,1H3,(H,23,26). The van der Waals surface area contributed by atoms with E-state index in [9.17, 15) is 9.59 Å². The van der Waals surface area contributed by atoms with Crippen molar-refractivity contribution in [1.29, 1.82) is 0 Å². The summed E-state index contributed by atoms with van der Waals surface area (Å²) in [5.74, 6) is -0.241. The number of rotatable bonds is 6. The molecule has 0 fully saturated rings. The molecule has 0 aliphatic heterocycles. The van der Waals surface area contributed by atoms with Crippen LogP contribution in [0.4, 0.5) is 0 Å². The predicted molar refractivity (Wildman–Crippen MR) is 112 cm³/mol. The number of aromatic amines is 1. The van der Waals surface area contributed by atoms with E-state index in [1.54, 1.807) is 6.92 Å². The molecule has 2 aromatic carbocycles. The van der Waals surface area contributed by atoms with Crippen molar-refractivity contribution < 1.29 is 9.21 Å². The second-order valence-corrected chi connectivity index (χ2v) is 7.08. The lowest BCUT2D eigenvalue weighted by molar-refractivity contribution is -0.118. The zero-order valence-electron chi connectivity index (χ0n) is 15.5. The summed E-state index contributed by atoms with van der Waals surface area (Å²) in [6.07, 6.45) is 1.34. The lowest BCUT2D eigenvalue weighted by Gasteiger charge is -1.99. The highest BCUT2D eigenvalue weighted by Crippen LogP contribution is 2.22. The number of H-pyrrole nitrogens is 1. The maximum Gasteiger partial charge on any atom is 0.280 e. The van der Waals surface area contributed by atoms with E-state index in [0.717, 1.165) is 11.2 Å². The van der Waals surface area contributed by atoms with Crippen molar-refractivity contribution in [2.24, 2.45) is 5.10 Å². The number of carbonyl (C=O) groups excluding carboxylic acids is 1. The van der Waals surface area contributed by atoms with Crippen LogP contribution in [0.1, 0.15) is 11.3 Å². The number of benzene rings is 2. The molecule has 0 saturated heterocycles. The lowest BCUT2D eigenvalue weighted by Crippen LogP contribution is -2.21. The van der Waals surface area contributed by atoms with E-state index in [2.05, 4.69) is 20.6 Å². The topological polar surface area (TPSA) is 105 Å². The molecule has 146 valence electrons. The van der Waals surface area contributed by atoms with Crippen molar-refractivity contribution in [2.45, 2.75) is 12.1 Å². The second-order valence-electron chi connectivity index (χ2n) is 6.16. The number of nitrogens with one attached hydrogen (secondary N) is 2. The number of hydrogen-bond acceptors (Lipinski definition) is 6. The first-order valence-electron chi connectivity index (χ1n) is 8.79. The number of aryl methyl sites for hydroxylation is 1. The summed E-state index contributed by atoms with van der Waals surface area (Å²) >= 11 is 1.17. The minimum atomic E-state index is -0.329. The summed E-state index contributed by atoms with van der Waals surface area (Å²) in [7, 11) is 0. The average molecular weight is 407 g/mol. The van der Waals surface area contributed by atoms with Crippen LogP contribution >= 0.6 is 11.8 Å². The molecule has 29 heavy (non-hydrogen) atoms. The van der Waals surface area contributed by atoms with Gasteiger partial charge in [-0.1, -0.05) is 42.1 Å². The van der Waals surface area contributed by atoms with Crippen molar-refractivity contribution in [1.82, 2.24) is 20.2 Å². The first kappa shape index (κ1) is 18.8. The Labute approximate surface area is 169 Å². The third kappa shape index (κ3) is 4.14. The van der Waals surface area contributed by atoms with Gasteiger partial charge in [0.2, 0.25) is 0 Å². The Kier molecular flexibility index (Phi) is 5.30. The van der Waals surface area contributed by atoms with Gasteiger partial charge in [0.1, 0.15) is 5.52 Å². The van der Waals surface area contributed by atoms with Gasteiger partial charge in [-0.25, -0.2) is 15.1 Å². The van der Waals surface area contributed by atoms with Gasteiger partial charge in [0.15, 0.2) is 5.58 Å². The van der Waals surface area contributed by atoms with E-state index >= 15 is 0 Å². The summed E-state index contributed by atoms with van der Waals surface area (Å²) in [6.45, 7) is 1.77. The molecule has 2 N–H and O–H groups in total. The average Bonchev–Trinajstić information content (AvgIpc) is 3.28. The van der Waals surface area contributed by atoms with Crippen molar-refractivity contribution in [3.8, 4) is 5.69 Å². The summed E-state index contributed by atoms with van der Waals surface area (Å²) in [6, 6.07) is 16.6. The van der Waals surface area contributed by atoms with Crippen LogP contribution in [0.25, 0.3) is 16.8 Å². The fourth-order valence-electron chi connectivity index (χ4n) is 2.71. The van der Waals surface area contributed by atoms with E-state index in [0.29, 0.717) is 22.1 Å². The molecule has 0 saturated carbocycles. The number of amides is 1. The van der Waals surface area contributed by atoms with E-state index in [1.165, 1.54) is 22.7 Å². The van der Waals surface area contributed by atoms with Crippen LogP contribution in [0.2, 0.25) is 0 Å². The fraction of sp³-hybridized carbons (Fsp3) is 0.100. The van der Waals surface area contributed by atoms with Crippen LogP contribution in [0.5, 0.6) is 0 Å². The van der Waals surface area contributed by atoms with Gasteiger partial charge in [0.05, 0.1) is 23.2 Å². The Morgan fingerprint density at radius 1 is 1.24 bits per heavy atom. The third-order valence-electron chi connectivity index (χ3n) is 4.12. The number of oxazole rings is 1. The summed E-state index contributed by atoms with van der Waals surface area (Å²) < 4.78 is 6.99. The molecule has 0 aliphatic rings. The van der Waals surface area contributed by atoms with Gasteiger partial charge >= 0.3 is 0 Å². The molecule has 0 aliphatic carbocycles. The fourth-order valence-corrected chi connectivity index (χ4v) is 3.34. The van der Waals surface area contributed by atoms with Gasteiger partial charge in [-0.3, -0.25) is 14.7 Å². The van der Waals surface area contributed by atoms with Gasteiger partial charge in [0.25, 0.3) is 16.7 Å². The van der Waals surface area contributed by atoms with Crippen molar-refractivity contribution in [2.75, 3.05) is 5.75 Å². The van der Waals surface area contributed by atoms with Crippen molar-refractivity contribution >= 4 is 35.0 Å². The van der Waals surface area contributed by atoms with Gasteiger partial charge in [-0.15, -0.1) is 0 Å². The zero-order chi connectivity index (χ0) is 20.2. The minimum Gasteiger partial charge on any atom is -0.431 e. The molecule has 9 heteroatoms. The number of carbonyl (C=O) groups is 1. The smallest absolute Gasteiger partial charge is 0.280 e. The lowest BCUT2D eigenvalue weighted by atomic mass is 10.3. The Balaban J connectivity index is 1.38. The molecular weight excluding hydrogens is 390 g/mol. The molecule has 0 atom stereocenters. The molecule has 4 aromatic rings. The van der Waals surface area contributed by atoms with Crippen LogP contribution in [0, 0.1) is 6.92 Å². The van der Waals surface area contributed by atoms with E-state index in [4.69, 9.17) is 4.42 Å². The first-order chi connectivity index (χ1) is 14.1. The summed E-state index contributed by atoms with van der Waals surface area (Å²) in [4.78, 5) is 28.9. The number of para-hydroxylation sites is 3. The maximum absolute atomic E-state index is 12.6. The van der Waals surface area contributed by atoms with Crippen molar-refractivity contribution in [3.05, 3.63) is 76.2 Å². The Bertz CT molecular complexity index is 1210. The number of hydrogen-bond donors (Lipinski definition) is 2. The van der Waals surface area contributed by atoms with Crippen LogP contribution in [-0.4, -0.2) is 32.6 Å². The molecule has 0 unspecified atom stereocenters. The molecule has 8 nitrogen and oxygen atoms in total. The quantitative estimate of drug-likeness (QED) is 0.290. The number of fused-ring (bicyclic) bond motifs is 1. The largest absolute Gasteiger partial charge is 0.431 e. The monoisotopic (exact) mass is 407 g/mol. The van der Waals surface area contributed by atoms with E-state index < -0.39 is 0 Å². The zero-order valence-corrected chi connectivity index (χ0v) is 16.3. The molecule has 1 amide bonds. The summed E-state index contributed by atoms with van der Waals surface area (Å²) in [5.41, 5.74) is 5.34. The predicted octanol–water partition coefficient (Wildman–Crippen LogP) is 2.86. The summed E-state index contributed by atoms with van der Waals surface area (Å²) in [5, 5.41) is 7.32. The minimum absolute atomic E-state index is 0.0878. The molecule has 4 rings (SSSR count). The highest BCUT2D eigenvalue weighted by Gasteiger charge is 2.11. The molecule has 0 bridgehead atoms. The Morgan fingerprint density at radius 2 is 2.00 bits per heavy atom. The van der Waals surface area contributed by atoms with Gasteiger partial charge in [-0.05, 0) is 31.2 Å². The van der Waals surface area contributed by atoms with E-state index in [1.807, 2.05) is 54.6 Å². The SMILES string of the molecule is Cc1[nH]n(-c2ccccc2)c(=O)c1C=NNC(=O)CSc1nc2ccccc2o1. The molecular formula is C20H17N5O3S. The van der Waals surface area contributed by atoms with Crippen LogP contribution in [-0.2, 0) is 4.79 Å². The Morgan fingerprint density at radius 3 is 2.79 bits per heavy atom. The number of nitrogens with zero attached hydrogens (tertiary/aromatic N) is 3. The highest BCUT2D eigenvalue weighted by atomic mass is 32.2. The van der Waals surface area contributed by atoms with Crippen LogP contribution in [0.3, 0.4) is 0 Å². The third-order valence-corrected chi connectivity index (χ3v) is 4.94. The van der Waals surface area contributed by atoms with Gasteiger partial charge < -0.3 is 4.42 Å².